The molecule has 162 valence electrons. The minimum Gasteiger partial charge on any atom is -0.494 e. The number of carbonyl (C=O) groups is 1. The summed E-state index contributed by atoms with van der Waals surface area (Å²) in [5, 5.41) is 0. The Morgan fingerprint density at radius 2 is 1.83 bits per heavy atom. The minimum absolute atomic E-state index is 0.0443. The fourth-order valence-corrected chi connectivity index (χ4v) is 4.38. The summed E-state index contributed by atoms with van der Waals surface area (Å²) < 4.78 is 30.7. The first kappa shape index (κ1) is 22.2. The number of hydrogen-bond acceptors (Lipinski definition) is 4. The molecule has 0 saturated carbocycles. The van der Waals surface area contributed by atoms with Crippen LogP contribution < -0.4 is 9.46 Å². The summed E-state index contributed by atoms with van der Waals surface area (Å²) in [7, 11) is -3.37. The van der Waals surface area contributed by atoms with Crippen molar-refractivity contribution in [3.8, 4) is 5.75 Å². The van der Waals surface area contributed by atoms with E-state index in [0.29, 0.717) is 23.8 Å². The molecule has 6 nitrogen and oxygen atoms in total. The highest BCUT2D eigenvalue weighted by molar-refractivity contribution is 7.92. The first-order valence-electron chi connectivity index (χ1n) is 10.4. The van der Waals surface area contributed by atoms with Crippen molar-refractivity contribution in [1.29, 1.82) is 0 Å². The van der Waals surface area contributed by atoms with Gasteiger partial charge in [0.25, 0.3) is 5.91 Å². The molecule has 2 aromatic carbocycles. The number of carbonyl (C=O) groups excluding carboxylic acids is 1. The summed E-state index contributed by atoms with van der Waals surface area (Å²) in [5.74, 6) is 1.47. The Hall–Kier alpha value is -2.54. The molecule has 0 aliphatic carbocycles. The molecule has 0 unspecified atom stereocenters. The number of sulfonamides is 1. The summed E-state index contributed by atoms with van der Waals surface area (Å²) in [4.78, 5) is 14.7. The van der Waals surface area contributed by atoms with Gasteiger partial charge in [-0.1, -0.05) is 18.2 Å². The lowest BCUT2D eigenvalue weighted by Gasteiger charge is -2.32. The lowest BCUT2D eigenvalue weighted by molar-refractivity contribution is 0.0687. The van der Waals surface area contributed by atoms with E-state index in [4.69, 9.17) is 4.74 Å². The average Bonchev–Trinajstić information content (AvgIpc) is 2.72. The number of aryl methyl sites for hydroxylation is 1. The lowest BCUT2D eigenvalue weighted by Crippen LogP contribution is -2.38. The van der Waals surface area contributed by atoms with E-state index in [9.17, 15) is 13.2 Å². The van der Waals surface area contributed by atoms with Crippen molar-refractivity contribution in [3.05, 3.63) is 59.7 Å². The zero-order valence-electron chi connectivity index (χ0n) is 17.6. The maximum atomic E-state index is 12.8. The molecular formula is C23H30N2O4S. The molecule has 1 aliphatic rings. The second kappa shape index (κ2) is 9.98. The SMILES string of the molecule is CCOc1ccc(CCC2CCN(C(=O)c3cccc(NS(C)(=O)=O)c3)CC2)cc1. The molecule has 7 heteroatoms. The van der Waals surface area contributed by atoms with Crippen LogP contribution >= 0.6 is 0 Å². The number of rotatable bonds is 8. The monoisotopic (exact) mass is 430 g/mol. The van der Waals surface area contributed by atoms with E-state index in [0.717, 1.165) is 50.8 Å². The number of amides is 1. The van der Waals surface area contributed by atoms with Gasteiger partial charge in [0.05, 0.1) is 12.9 Å². The van der Waals surface area contributed by atoms with E-state index in [1.807, 2.05) is 24.0 Å². The quantitative estimate of drug-likeness (QED) is 0.688. The Labute approximate surface area is 179 Å². The Morgan fingerprint density at radius 1 is 1.13 bits per heavy atom. The molecule has 1 N–H and O–H groups in total. The smallest absolute Gasteiger partial charge is 0.253 e. The minimum atomic E-state index is -3.37. The van der Waals surface area contributed by atoms with Gasteiger partial charge in [0.2, 0.25) is 10.0 Å². The van der Waals surface area contributed by atoms with Gasteiger partial charge < -0.3 is 9.64 Å². The van der Waals surface area contributed by atoms with Gasteiger partial charge in [-0.05, 0) is 74.4 Å². The average molecular weight is 431 g/mol. The molecule has 3 rings (SSSR count). The Bertz CT molecular complexity index is 949. The zero-order chi connectivity index (χ0) is 21.6. The Balaban J connectivity index is 1.49. The summed E-state index contributed by atoms with van der Waals surface area (Å²) in [6.07, 6.45) is 5.22. The largest absolute Gasteiger partial charge is 0.494 e. The molecule has 1 saturated heterocycles. The first-order chi connectivity index (χ1) is 14.3. The maximum absolute atomic E-state index is 12.8. The number of nitrogens with one attached hydrogen (secondary N) is 1. The summed E-state index contributed by atoms with van der Waals surface area (Å²) in [5.41, 5.74) is 2.23. The second-order valence-electron chi connectivity index (χ2n) is 7.81. The van der Waals surface area contributed by atoms with Crippen LogP contribution in [0.2, 0.25) is 0 Å². The normalized spacial score (nSPS) is 15.1. The third kappa shape index (κ3) is 6.49. The molecule has 0 spiro atoms. The van der Waals surface area contributed by atoms with Crippen molar-refractivity contribution in [1.82, 2.24) is 4.90 Å². The van der Waals surface area contributed by atoms with Gasteiger partial charge in [0.1, 0.15) is 5.75 Å². The van der Waals surface area contributed by atoms with E-state index in [1.54, 1.807) is 24.3 Å². The van der Waals surface area contributed by atoms with Gasteiger partial charge in [-0.25, -0.2) is 8.42 Å². The molecule has 2 aromatic rings. The molecule has 1 amide bonds. The molecule has 1 aliphatic heterocycles. The Morgan fingerprint density at radius 3 is 2.47 bits per heavy atom. The van der Waals surface area contributed by atoms with E-state index in [2.05, 4.69) is 16.9 Å². The van der Waals surface area contributed by atoms with Crippen LogP contribution in [0.25, 0.3) is 0 Å². The number of anilines is 1. The maximum Gasteiger partial charge on any atom is 0.253 e. The Kier molecular flexibility index (Phi) is 7.37. The molecular weight excluding hydrogens is 400 g/mol. The highest BCUT2D eigenvalue weighted by atomic mass is 32.2. The fourth-order valence-electron chi connectivity index (χ4n) is 3.83. The van der Waals surface area contributed by atoms with Crippen molar-refractivity contribution in [2.75, 3.05) is 30.7 Å². The van der Waals surface area contributed by atoms with E-state index < -0.39 is 10.0 Å². The van der Waals surface area contributed by atoms with Crippen LogP contribution in [0.4, 0.5) is 5.69 Å². The summed E-state index contributed by atoms with van der Waals surface area (Å²) in [6.45, 7) is 4.12. The van der Waals surface area contributed by atoms with Crippen molar-refractivity contribution in [2.24, 2.45) is 5.92 Å². The van der Waals surface area contributed by atoms with Gasteiger partial charge in [0, 0.05) is 24.3 Å². The third-order valence-electron chi connectivity index (χ3n) is 5.39. The zero-order valence-corrected chi connectivity index (χ0v) is 18.5. The number of nitrogens with zero attached hydrogens (tertiary/aromatic N) is 1. The van der Waals surface area contributed by atoms with Gasteiger partial charge in [0.15, 0.2) is 0 Å². The predicted octanol–water partition coefficient (Wildman–Crippen LogP) is 3.94. The summed E-state index contributed by atoms with van der Waals surface area (Å²) >= 11 is 0. The highest BCUT2D eigenvalue weighted by Crippen LogP contribution is 2.25. The number of ether oxygens (including phenoxy) is 1. The van der Waals surface area contributed by atoms with Crippen LogP contribution in [0.1, 0.15) is 42.1 Å². The van der Waals surface area contributed by atoms with Gasteiger partial charge >= 0.3 is 0 Å². The van der Waals surface area contributed by atoms with Crippen molar-refractivity contribution in [3.63, 3.8) is 0 Å². The number of benzene rings is 2. The van der Waals surface area contributed by atoms with Gasteiger partial charge in [-0.15, -0.1) is 0 Å². The number of likely N-dealkylation sites (tertiary alicyclic amines) is 1. The molecule has 0 aromatic heterocycles. The van der Waals surface area contributed by atoms with E-state index in [-0.39, 0.29) is 5.91 Å². The first-order valence-corrected chi connectivity index (χ1v) is 12.3. The lowest BCUT2D eigenvalue weighted by atomic mass is 9.90. The van der Waals surface area contributed by atoms with Gasteiger partial charge in [-0.2, -0.15) is 0 Å². The predicted molar refractivity (Wildman–Crippen MR) is 119 cm³/mol. The van der Waals surface area contributed by atoms with Crippen molar-refractivity contribution < 1.29 is 17.9 Å². The van der Waals surface area contributed by atoms with Crippen LogP contribution in [-0.2, 0) is 16.4 Å². The molecule has 0 radical (unpaired) electrons. The highest BCUT2D eigenvalue weighted by Gasteiger charge is 2.23. The van der Waals surface area contributed by atoms with Crippen molar-refractivity contribution >= 4 is 21.6 Å². The van der Waals surface area contributed by atoms with Crippen LogP contribution in [0.15, 0.2) is 48.5 Å². The molecule has 1 heterocycles. The van der Waals surface area contributed by atoms with Crippen LogP contribution in [0.5, 0.6) is 5.75 Å². The fraction of sp³-hybridized carbons (Fsp3) is 0.435. The molecule has 0 bridgehead atoms. The van der Waals surface area contributed by atoms with Crippen LogP contribution in [0.3, 0.4) is 0 Å². The van der Waals surface area contributed by atoms with Crippen LogP contribution in [0, 0.1) is 5.92 Å². The number of hydrogen-bond donors (Lipinski definition) is 1. The standard InChI is InChI=1S/C23H30N2O4S/c1-3-29-22-11-9-18(10-12-22)7-8-19-13-15-25(16-14-19)23(26)20-5-4-6-21(17-20)24-30(2,27)28/h4-6,9-12,17,19,24H,3,7-8,13-16H2,1-2H3. The van der Waals surface area contributed by atoms with E-state index >= 15 is 0 Å². The van der Waals surface area contributed by atoms with Gasteiger partial charge in [-0.3, -0.25) is 9.52 Å². The molecule has 30 heavy (non-hydrogen) atoms. The van der Waals surface area contributed by atoms with Crippen molar-refractivity contribution in [2.45, 2.75) is 32.6 Å². The van der Waals surface area contributed by atoms with Crippen LogP contribution in [-0.4, -0.2) is 45.2 Å². The molecule has 0 atom stereocenters. The summed E-state index contributed by atoms with van der Waals surface area (Å²) in [6, 6.07) is 15.0. The second-order valence-corrected chi connectivity index (χ2v) is 9.55. The topological polar surface area (TPSA) is 75.7 Å². The van der Waals surface area contributed by atoms with E-state index in [1.165, 1.54) is 5.56 Å². The third-order valence-corrected chi connectivity index (χ3v) is 6.00. The number of piperidine rings is 1. The molecule has 1 fully saturated rings.